The van der Waals surface area contributed by atoms with Crippen molar-refractivity contribution in [1.82, 2.24) is 25.5 Å². The number of ether oxygens (including phenoxy) is 3. The Morgan fingerprint density at radius 3 is 2.29 bits per heavy atom. The van der Waals surface area contributed by atoms with E-state index in [-0.39, 0.29) is 48.0 Å². The van der Waals surface area contributed by atoms with Crippen LogP contribution in [0.1, 0.15) is 77.2 Å². The lowest BCUT2D eigenvalue weighted by molar-refractivity contribution is -0.255. The summed E-state index contributed by atoms with van der Waals surface area (Å²) in [5.74, 6) is -1.48. The van der Waals surface area contributed by atoms with E-state index in [0.717, 1.165) is 27.8 Å². The molecule has 3 heterocycles. The highest BCUT2D eigenvalue weighted by atomic mass is 32.2. The van der Waals surface area contributed by atoms with Crippen molar-refractivity contribution in [2.24, 2.45) is 7.05 Å². The molecule has 1 amide bonds. The maximum absolute atomic E-state index is 12.9. The maximum atomic E-state index is 12.9. The summed E-state index contributed by atoms with van der Waals surface area (Å²) in [6, 6.07) is 29.8. The van der Waals surface area contributed by atoms with Crippen LogP contribution in [0.5, 0.6) is 0 Å². The number of carbonyl (C=O) groups is 3. The highest BCUT2D eigenvalue weighted by molar-refractivity contribution is 7.99. The Morgan fingerprint density at radius 1 is 0.857 bits per heavy atom. The standard InChI is InChI=1S/C36H31N5O7S/c1-41-36(38-39-40-41)49-20-29-30(23-5-3-2-4-6-23)31(24-11-9-22(19-42)10-12-24)47-35(46-29)25-13-7-21(8-14-25)18-37-32(43)26-15-16-27-28(17-26)34(45)48-33(27)44/h2-17,29-31,35,42H,18-20H2,1H3,(H,37,43). The normalized spacial score (nSPS) is 20.1. The van der Waals surface area contributed by atoms with Crippen molar-refractivity contribution in [1.29, 1.82) is 0 Å². The number of nitrogens with zero attached hydrogens (tertiary/aromatic N) is 4. The maximum Gasteiger partial charge on any atom is 0.346 e. The van der Waals surface area contributed by atoms with Crippen LogP contribution in [0.25, 0.3) is 0 Å². The van der Waals surface area contributed by atoms with E-state index in [1.54, 1.807) is 11.7 Å². The number of aromatic nitrogens is 4. The number of tetrazole rings is 1. The quantitative estimate of drug-likeness (QED) is 0.120. The number of cyclic esters (lactones) is 2. The Bertz CT molecular complexity index is 1990. The molecule has 0 spiro atoms. The Morgan fingerprint density at radius 2 is 1.57 bits per heavy atom. The minimum atomic E-state index is -0.761. The van der Waals surface area contributed by atoms with Crippen LogP contribution >= 0.6 is 11.8 Å². The lowest BCUT2D eigenvalue weighted by Gasteiger charge is -2.43. The van der Waals surface area contributed by atoms with Gasteiger partial charge in [0.1, 0.15) is 0 Å². The van der Waals surface area contributed by atoms with E-state index < -0.39 is 24.1 Å². The van der Waals surface area contributed by atoms with Crippen molar-refractivity contribution >= 4 is 29.6 Å². The predicted molar refractivity (Wildman–Crippen MR) is 176 cm³/mol. The molecule has 248 valence electrons. The van der Waals surface area contributed by atoms with E-state index in [1.807, 2.05) is 66.7 Å². The van der Waals surface area contributed by atoms with Crippen LogP contribution in [0.2, 0.25) is 0 Å². The topological polar surface area (TPSA) is 155 Å². The summed E-state index contributed by atoms with van der Waals surface area (Å²) in [6.45, 7) is 0.174. The molecule has 1 fully saturated rings. The third-order valence-corrected chi connectivity index (χ3v) is 9.64. The molecule has 0 saturated carbocycles. The monoisotopic (exact) mass is 677 g/mol. The molecule has 5 aromatic rings. The Labute approximate surface area is 285 Å². The van der Waals surface area contributed by atoms with Gasteiger partial charge in [0.25, 0.3) is 5.91 Å². The Hall–Kier alpha value is -5.21. The van der Waals surface area contributed by atoms with E-state index in [2.05, 4.69) is 37.7 Å². The molecule has 0 bridgehead atoms. The van der Waals surface area contributed by atoms with E-state index >= 15 is 0 Å². The molecule has 49 heavy (non-hydrogen) atoms. The van der Waals surface area contributed by atoms with E-state index in [9.17, 15) is 19.5 Å². The van der Waals surface area contributed by atoms with Crippen molar-refractivity contribution in [2.45, 2.75) is 42.7 Å². The van der Waals surface area contributed by atoms with Crippen LogP contribution in [0.3, 0.4) is 0 Å². The predicted octanol–water partition coefficient (Wildman–Crippen LogP) is 4.67. The number of nitrogens with one attached hydrogen (secondary N) is 1. The number of rotatable bonds is 10. The molecule has 0 radical (unpaired) electrons. The van der Waals surface area contributed by atoms with Gasteiger partial charge in [-0.15, -0.1) is 5.10 Å². The summed E-state index contributed by atoms with van der Waals surface area (Å²) in [6.07, 6.45) is -1.39. The molecule has 1 saturated heterocycles. The van der Waals surface area contributed by atoms with Gasteiger partial charge in [0.05, 0.1) is 29.9 Å². The van der Waals surface area contributed by atoms with Gasteiger partial charge in [-0.05, 0) is 50.9 Å². The molecule has 0 aliphatic carbocycles. The van der Waals surface area contributed by atoms with Crippen molar-refractivity contribution in [2.75, 3.05) is 5.75 Å². The summed E-state index contributed by atoms with van der Waals surface area (Å²) in [5.41, 5.74) is 4.95. The number of aryl methyl sites for hydroxylation is 1. The molecule has 2 aliphatic heterocycles. The van der Waals surface area contributed by atoms with Crippen molar-refractivity contribution in [3.05, 3.63) is 142 Å². The average molecular weight is 678 g/mol. The smallest absolute Gasteiger partial charge is 0.346 e. The number of fused-ring (bicyclic) bond motifs is 1. The van der Waals surface area contributed by atoms with Crippen LogP contribution in [-0.2, 0) is 34.4 Å². The highest BCUT2D eigenvalue weighted by Crippen LogP contribution is 2.48. The Balaban J connectivity index is 1.12. The summed E-state index contributed by atoms with van der Waals surface area (Å²) in [5, 5.41) is 25.1. The fourth-order valence-electron chi connectivity index (χ4n) is 5.96. The number of carbonyl (C=O) groups excluding carboxylic acids is 3. The van der Waals surface area contributed by atoms with E-state index in [0.29, 0.717) is 10.9 Å². The zero-order chi connectivity index (χ0) is 33.9. The molecule has 13 heteroatoms. The summed E-state index contributed by atoms with van der Waals surface area (Å²) >= 11 is 1.51. The van der Waals surface area contributed by atoms with Crippen LogP contribution < -0.4 is 5.32 Å². The molecule has 2 N–H and O–H groups in total. The van der Waals surface area contributed by atoms with Gasteiger partial charge in [-0.25, -0.2) is 14.3 Å². The highest BCUT2D eigenvalue weighted by Gasteiger charge is 2.42. The number of hydrogen-bond acceptors (Lipinski definition) is 11. The van der Waals surface area contributed by atoms with Gasteiger partial charge in [-0.1, -0.05) is 90.6 Å². The zero-order valence-electron chi connectivity index (χ0n) is 26.3. The SMILES string of the molecule is Cn1nnnc1SCC1OC(c2ccc(CNC(=O)c3ccc4c(c3)C(=O)OC4=O)cc2)OC(c2ccc(CO)cc2)C1c1ccccc1. The third-order valence-electron chi connectivity index (χ3n) is 8.54. The number of amides is 1. The second-order valence-electron chi connectivity index (χ2n) is 11.7. The number of esters is 2. The molecule has 12 nitrogen and oxygen atoms in total. The first kappa shape index (κ1) is 32.3. The van der Waals surface area contributed by atoms with Crippen LogP contribution in [0.15, 0.2) is 102 Å². The van der Waals surface area contributed by atoms with Gasteiger partial charge < -0.3 is 24.6 Å². The first-order chi connectivity index (χ1) is 23.9. The van der Waals surface area contributed by atoms with Gasteiger partial charge in [-0.2, -0.15) is 0 Å². The lowest BCUT2D eigenvalue weighted by Crippen LogP contribution is -2.38. The van der Waals surface area contributed by atoms with Crippen molar-refractivity contribution < 1.29 is 33.7 Å². The first-order valence-electron chi connectivity index (χ1n) is 15.6. The number of benzene rings is 4. The summed E-state index contributed by atoms with van der Waals surface area (Å²) < 4.78 is 19.7. The molecule has 1 aromatic heterocycles. The van der Waals surface area contributed by atoms with E-state index in [1.165, 1.54) is 30.0 Å². The molecule has 4 atom stereocenters. The number of thioether (sulfide) groups is 1. The first-order valence-corrected chi connectivity index (χ1v) is 16.5. The third kappa shape index (κ3) is 6.87. The second-order valence-corrected chi connectivity index (χ2v) is 12.6. The molecule has 2 aliphatic rings. The number of hydrogen-bond donors (Lipinski definition) is 2. The van der Waals surface area contributed by atoms with Crippen molar-refractivity contribution in [3.8, 4) is 0 Å². The van der Waals surface area contributed by atoms with Crippen LogP contribution in [-0.4, -0.2) is 55.0 Å². The van der Waals surface area contributed by atoms with Gasteiger partial charge in [0.15, 0.2) is 6.29 Å². The minimum Gasteiger partial charge on any atom is -0.392 e. The molecule has 4 unspecified atom stereocenters. The fraction of sp³-hybridized carbons (Fsp3) is 0.222. The Kier molecular flexibility index (Phi) is 9.31. The largest absolute Gasteiger partial charge is 0.392 e. The number of aliphatic hydroxyl groups is 1. The van der Waals surface area contributed by atoms with Crippen LogP contribution in [0, 0.1) is 0 Å². The minimum absolute atomic E-state index is 0.0551. The second kappa shape index (κ2) is 14.1. The van der Waals surface area contributed by atoms with E-state index in [4.69, 9.17) is 9.47 Å². The zero-order valence-corrected chi connectivity index (χ0v) is 27.1. The summed E-state index contributed by atoms with van der Waals surface area (Å²) in [4.78, 5) is 36.5. The number of aliphatic hydroxyl groups excluding tert-OH is 1. The van der Waals surface area contributed by atoms with Crippen LogP contribution in [0.4, 0.5) is 0 Å². The average Bonchev–Trinajstić information content (AvgIpc) is 3.69. The molecule has 4 aromatic carbocycles. The molecular formula is C36H31N5O7S. The van der Waals surface area contributed by atoms with Gasteiger partial charge in [0.2, 0.25) is 5.16 Å². The lowest BCUT2D eigenvalue weighted by atomic mass is 9.84. The van der Waals surface area contributed by atoms with Gasteiger partial charge >= 0.3 is 11.9 Å². The van der Waals surface area contributed by atoms with Crippen molar-refractivity contribution in [3.63, 3.8) is 0 Å². The van der Waals surface area contributed by atoms with Gasteiger partial charge in [0, 0.05) is 36.4 Å². The summed E-state index contributed by atoms with van der Waals surface area (Å²) in [7, 11) is 1.80. The molecule has 7 rings (SSSR count). The molecular weight excluding hydrogens is 646 g/mol. The van der Waals surface area contributed by atoms with Gasteiger partial charge in [-0.3, -0.25) is 4.79 Å². The fourth-order valence-corrected chi connectivity index (χ4v) is 6.87.